The van der Waals surface area contributed by atoms with E-state index in [1.165, 1.54) is 24.9 Å². The SMILES string of the molecule is COC(=O)C(C)c1ccc(/C=C2/SCCC2=O)c(F)c1. The maximum absolute atomic E-state index is 14.0. The molecule has 0 bridgehead atoms. The summed E-state index contributed by atoms with van der Waals surface area (Å²) in [4.78, 5) is 23.5. The fraction of sp³-hybridized carbons (Fsp3) is 0.333. The minimum Gasteiger partial charge on any atom is -0.469 e. The lowest BCUT2D eigenvalue weighted by atomic mass is 9.99. The minimum atomic E-state index is -0.515. The van der Waals surface area contributed by atoms with Crippen molar-refractivity contribution in [2.45, 2.75) is 19.3 Å². The summed E-state index contributed by atoms with van der Waals surface area (Å²) in [5.74, 6) is -0.549. The first kappa shape index (κ1) is 14.8. The Labute approximate surface area is 121 Å². The highest BCUT2D eigenvalue weighted by molar-refractivity contribution is 8.04. The zero-order chi connectivity index (χ0) is 14.7. The molecular weight excluding hydrogens is 279 g/mol. The Balaban J connectivity index is 2.26. The number of hydrogen-bond acceptors (Lipinski definition) is 4. The van der Waals surface area contributed by atoms with Gasteiger partial charge in [0.15, 0.2) is 5.78 Å². The van der Waals surface area contributed by atoms with E-state index in [9.17, 15) is 14.0 Å². The number of thioether (sulfide) groups is 1. The molecule has 1 aliphatic rings. The number of rotatable bonds is 3. The second kappa shape index (κ2) is 6.22. The number of hydrogen-bond donors (Lipinski definition) is 0. The Kier molecular flexibility index (Phi) is 4.60. The van der Waals surface area contributed by atoms with E-state index >= 15 is 0 Å². The highest BCUT2D eigenvalue weighted by atomic mass is 32.2. The van der Waals surface area contributed by atoms with Crippen LogP contribution < -0.4 is 0 Å². The number of ether oxygens (including phenoxy) is 1. The van der Waals surface area contributed by atoms with Crippen LogP contribution >= 0.6 is 11.8 Å². The van der Waals surface area contributed by atoms with Crippen LogP contribution in [0.2, 0.25) is 0 Å². The summed E-state index contributed by atoms with van der Waals surface area (Å²) in [5.41, 5.74) is 0.922. The van der Waals surface area contributed by atoms with Gasteiger partial charge in [-0.1, -0.05) is 12.1 Å². The zero-order valence-electron chi connectivity index (χ0n) is 11.3. The van der Waals surface area contributed by atoms with Gasteiger partial charge < -0.3 is 4.74 Å². The van der Waals surface area contributed by atoms with Crippen LogP contribution in [0.1, 0.15) is 30.4 Å². The first-order chi connectivity index (χ1) is 9.52. The van der Waals surface area contributed by atoms with Gasteiger partial charge in [-0.2, -0.15) is 0 Å². The molecule has 0 aliphatic carbocycles. The van der Waals surface area contributed by atoms with Crippen molar-refractivity contribution in [3.63, 3.8) is 0 Å². The molecule has 1 aliphatic heterocycles. The van der Waals surface area contributed by atoms with Crippen molar-refractivity contribution in [1.29, 1.82) is 0 Å². The van der Waals surface area contributed by atoms with Crippen molar-refractivity contribution < 1.29 is 18.7 Å². The van der Waals surface area contributed by atoms with Gasteiger partial charge in [-0.15, -0.1) is 11.8 Å². The summed E-state index contributed by atoms with van der Waals surface area (Å²) in [7, 11) is 1.30. The van der Waals surface area contributed by atoms with Crippen molar-refractivity contribution in [3.8, 4) is 0 Å². The predicted molar refractivity (Wildman–Crippen MR) is 76.9 cm³/mol. The molecule has 1 fully saturated rings. The van der Waals surface area contributed by atoms with E-state index in [0.29, 0.717) is 22.5 Å². The monoisotopic (exact) mass is 294 g/mol. The van der Waals surface area contributed by atoms with Crippen molar-refractivity contribution in [2.24, 2.45) is 0 Å². The van der Waals surface area contributed by atoms with Gasteiger partial charge in [0.05, 0.1) is 17.9 Å². The molecule has 20 heavy (non-hydrogen) atoms. The molecule has 1 heterocycles. The lowest BCUT2D eigenvalue weighted by Gasteiger charge is -2.10. The first-order valence-corrected chi connectivity index (χ1v) is 7.26. The quantitative estimate of drug-likeness (QED) is 0.634. The maximum atomic E-state index is 14.0. The third kappa shape index (κ3) is 3.10. The molecule has 0 spiro atoms. The van der Waals surface area contributed by atoms with Crippen LogP contribution in [0.15, 0.2) is 23.1 Å². The van der Waals surface area contributed by atoms with Crippen LogP contribution in [0.5, 0.6) is 0 Å². The average Bonchev–Trinajstić information content (AvgIpc) is 2.84. The van der Waals surface area contributed by atoms with Crippen LogP contribution in [-0.2, 0) is 14.3 Å². The fourth-order valence-electron chi connectivity index (χ4n) is 1.96. The van der Waals surface area contributed by atoms with Crippen LogP contribution in [0.4, 0.5) is 4.39 Å². The number of carbonyl (C=O) groups is 2. The van der Waals surface area contributed by atoms with Gasteiger partial charge in [-0.25, -0.2) is 4.39 Å². The molecule has 0 radical (unpaired) electrons. The molecule has 2 rings (SSSR count). The molecular formula is C15H15FO3S. The predicted octanol–water partition coefficient (Wildman–Crippen LogP) is 3.15. The van der Waals surface area contributed by atoms with Crippen LogP contribution in [0, 0.1) is 5.82 Å². The summed E-state index contributed by atoms with van der Waals surface area (Å²) in [6.45, 7) is 1.66. The molecule has 5 heteroatoms. The number of Topliss-reactive ketones (excluding diaryl/α,β-unsaturated/α-hetero) is 1. The summed E-state index contributed by atoms with van der Waals surface area (Å²) in [6, 6.07) is 4.59. The molecule has 1 unspecified atom stereocenters. The summed E-state index contributed by atoms with van der Waals surface area (Å²) in [6.07, 6.45) is 2.08. The number of halogens is 1. The Morgan fingerprint density at radius 1 is 1.50 bits per heavy atom. The largest absolute Gasteiger partial charge is 0.469 e. The Bertz CT molecular complexity index is 580. The lowest BCUT2D eigenvalue weighted by Crippen LogP contribution is -2.11. The van der Waals surface area contributed by atoms with E-state index in [1.54, 1.807) is 25.1 Å². The molecule has 0 saturated carbocycles. The second-order valence-electron chi connectivity index (χ2n) is 4.56. The molecule has 1 aromatic rings. The molecule has 0 N–H and O–H groups in total. The number of esters is 1. The van der Waals surface area contributed by atoms with Crippen molar-refractivity contribution >= 4 is 29.6 Å². The Hall–Kier alpha value is -1.62. The van der Waals surface area contributed by atoms with E-state index < -0.39 is 17.7 Å². The lowest BCUT2D eigenvalue weighted by molar-refractivity contribution is -0.142. The Morgan fingerprint density at radius 2 is 2.25 bits per heavy atom. The first-order valence-electron chi connectivity index (χ1n) is 6.28. The molecule has 0 aromatic heterocycles. The summed E-state index contributed by atoms with van der Waals surface area (Å²) in [5, 5.41) is 0. The van der Waals surface area contributed by atoms with Gasteiger partial charge in [0.2, 0.25) is 0 Å². The molecule has 1 atom stereocenters. The van der Waals surface area contributed by atoms with E-state index in [2.05, 4.69) is 4.74 Å². The molecule has 0 amide bonds. The Morgan fingerprint density at radius 3 is 2.80 bits per heavy atom. The topological polar surface area (TPSA) is 43.4 Å². The van der Waals surface area contributed by atoms with Crippen LogP contribution in [0.25, 0.3) is 6.08 Å². The van der Waals surface area contributed by atoms with Crippen LogP contribution in [-0.4, -0.2) is 24.6 Å². The average molecular weight is 294 g/mol. The number of benzene rings is 1. The third-order valence-electron chi connectivity index (χ3n) is 3.23. The van der Waals surface area contributed by atoms with Gasteiger partial charge in [0.25, 0.3) is 0 Å². The third-order valence-corrected chi connectivity index (χ3v) is 4.29. The molecule has 3 nitrogen and oxygen atoms in total. The highest BCUT2D eigenvalue weighted by Gasteiger charge is 2.20. The van der Waals surface area contributed by atoms with Crippen molar-refractivity contribution in [3.05, 3.63) is 40.0 Å². The molecule has 106 valence electrons. The minimum absolute atomic E-state index is 0.0569. The normalized spacial score (nSPS) is 18.4. The van der Waals surface area contributed by atoms with Gasteiger partial charge in [-0.05, 0) is 24.6 Å². The summed E-state index contributed by atoms with van der Waals surface area (Å²) < 4.78 is 18.7. The van der Waals surface area contributed by atoms with E-state index in [0.717, 1.165) is 5.75 Å². The standard InChI is InChI=1S/C15H15FO3S/c1-9(15(18)19-2)10-3-4-11(12(16)7-10)8-14-13(17)5-6-20-14/h3-4,7-9H,5-6H2,1-2H3/b14-8+. The molecule has 1 saturated heterocycles. The van der Waals surface area contributed by atoms with Gasteiger partial charge in [0, 0.05) is 17.7 Å². The number of methoxy groups -OCH3 is 1. The van der Waals surface area contributed by atoms with E-state index in [4.69, 9.17) is 0 Å². The number of carbonyl (C=O) groups excluding carboxylic acids is 2. The summed E-state index contributed by atoms with van der Waals surface area (Å²) >= 11 is 1.44. The van der Waals surface area contributed by atoms with Crippen molar-refractivity contribution in [2.75, 3.05) is 12.9 Å². The van der Waals surface area contributed by atoms with Crippen molar-refractivity contribution in [1.82, 2.24) is 0 Å². The zero-order valence-corrected chi connectivity index (χ0v) is 12.1. The maximum Gasteiger partial charge on any atom is 0.312 e. The smallest absolute Gasteiger partial charge is 0.312 e. The molecule has 1 aromatic carbocycles. The fourth-order valence-corrected chi connectivity index (χ4v) is 2.94. The second-order valence-corrected chi connectivity index (χ2v) is 5.69. The van der Waals surface area contributed by atoms with Gasteiger partial charge in [0.1, 0.15) is 5.82 Å². The van der Waals surface area contributed by atoms with E-state index in [1.807, 2.05) is 0 Å². The van der Waals surface area contributed by atoms with Crippen LogP contribution in [0.3, 0.4) is 0 Å². The number of ketones is 1. The van der Waals surface area contributed by atoms with Gasteiger partial charge >= 0.3 is 5.97 Å². The van der Waals surface area contributed by atoms with E-state index in [-0.39, 0.29) is 5.78 Å². The number of allylic oxidation sites excluding steroid dienone is 1. The van der Waals surface area contributed by atoms with Gasteiger partial charge in [-0.3, -0.25) is 9.59 Å². The highest BCUT2D eigenvalue weighted by Crippen LogP contribution is 2.30.